The van der Waals surface area contributed by atoms with Gasteiger partial charge in [0.05, 0.1) is 16.8 Å². The van der Waals surface area contributed by atoms with Crippen molar-refractivity contribution >= 4 is 17.3 Å². The van der Waals surface area contributed by atoms with E-state index in [9.17, 15) is 4.79 Å². The molecule has 0 amide bonds. The van der Waals surface area contributed by atoms with Crippen LogP contribution in [0.4, 0.5) is 0 Å². The number of aliphatic carboxylic acids is 1. The molecule has 0 spiro atoms. The Bertz CT molecular complexity index is 451. The number of aromatic nitrogens is 3. The van der Waals surface area contributed by atoms with E-state index in [1.165, 1.54) is 11.3 Å². The highest BCUT2D eigenvalue weighted by molar-refractivity contribution is 7.13. The predicted octanol–water partition coefficient (Wildman–Crippen LogP) is 1.21. The fourth-order valence-electron chi connectivity index (χ4n) is 0.997. The standard InChI is InChI=1S/C8H7N3O3S/c12-7(13)2-1-6-10-8(11-14-6)5-3-9-4-15-5/h3-4H,1-2H2,(H,12,13). The molecule has 0 aliphatic rings. The molecule has 0 bridgehead atoms. The quantitative estimate of drug-likeness (QED) is 0.841. The largest absolute Gasteiger partial charge is 0.481 e. The zero-order valence-electron chi connectivity index (χ0n) is 7.58. The molecule has 0 atom stereocenters. The number of hydrogen-bond acceptors (Lipinski definition) is 6. The van der Waals surface area contributed by atoms with Gasteiger partial charge in [0.15, 0.2) is 0 Å². The van der Waals surface area contributed by atoms with Crippen LogP contribution in [0.15, 0.2) is 16.2 Å². The Labute approximate surface area is 88.6 Å². The third-order valence-electron chi connectivity index (χ3n) is 1.67. The van der Waals surface area contributed by atoms with Crippen LogP contribution in [0.5, 0.6) is 0 Å². The number of rotatable bonds is 4. The number of hydrogen-bond donors (Lipinski definition) is 1. The summed E-state index contributed by atoms with van der Waals surface area (Å²) in [5, 5.41) is 12.2. The maximum atomic E-state index is 10.3. The summed E-state index contributed by atoms with van der Waals surface area (Å²) in [7, 11) is 0. The topological polar surface area (TPSA) is 89.1 Å². The minimum Gasteiger partial charge on any atom is -0.481 e. The van der Waals surface area contributed by atoms with E-state index >= 15 is 0 Å². The summed E-state index contributed by atoms with van der Waals surface area (Å²) < 4.78 is 4.89. The molecule has 7 heteroatoms. The van der Waals surface area contributed by atoms with Crippen LogP contribution in [-0.2, 0) is 11.2 Å². The lowest BCUT2D eigenvalue weighted by Gasteiger charge is -1.87. The fraction of sp³-hybridized carbons (Fsp3) is 0.250. The number of carboxylic acid groups (broad SMARTS) is 1. The minimum atomic E-state index is -0.882. The molecule has 0 saturated carbocycles. The number of thiazole rings is 1. The van der Waals surface area contributed by atoms with Crippen molar-refractivity contribution in [3.8, 4) is 10.7 Å². The van der Waals surface area contributed by atoms with E-state index in [4.69, 9.17) is 9.63 Å². The number of carboxylic acids is 1. The molecule has 0 aliphatic carbocycles. The highest BCUT2D eigenvalue weighted by Gasteiger charge is 2.10. The van der Waals surface area contributed by atoms with Gasteiger partial charge in [-0.25, -0.2) is 0 Å². The molecule has 0 fully saturated rings. The van der Waals surface area contributed by atoms with Crippen molar-refractivity contribution < 1.29 is 14.4 Å². The Morgan fingerprint density at radius 2 is 2.47 bits per heavy atom. The summed E-state index contributed by atoms with van der Waals surface area (Å²) in [4.78, 5) is 19.1. The second-order valence-corrected chi connectivity index (χ2v) is 3.66. The highest BCUT2D eigenvalue weighted by atomic mass is 32.1. The van der Waals surface area contributed by atoms with Gasteiger partial charge >= 0.3 is 5.97 Å². The fourth-order valence-corrected chi connectivity index (χ4v) is 1.54. The smallest absolute Gasteiger partial charge is 0.303 e. The lowest BCUT2D eigenvalue weighted by Crippen LogP contribution is -1.97. The molecule has 78 valence electrons. The van der Waals surface area contributed by atoms with Crippen LogP contribution < -0.4 is 0 Å². The van der Waals surface area contributed by atoms with Crippen molar-refractivity contribution in [2.24, 2.45) is 0 Å². The predicted molar refractivity (Wildman–Crippen MR) is 51.4 cm³/mol. The van der Waals surface area contributed by atoms with Crippen LogP contribution >= 0.6 is 11.3 Å². The molecule has 1 N–H and O–H groups in total. The molecular formula is C8H7N3O3S. The monoisotopic (exact) mass is 225 g/mol. The first-order valence-electron chi connectivity index (χ1n) is 4.19. The van der Waals surface area contributed by atoms with E-state index in [0.29, 0.717) is 11.7 Å². The Balaban J connectivity index is 2.08. The van der Waals surface area contributed by atoms with E-state index in [0.717, 1.165) is 4.88 Å². The summed E-state index contributed by atoms with van der Waals surface area (Å²) in [6.07, 6.45) is 1.88. The summed E-state index contributed by atoms with van der Waals surface area (Å²) in [5.74, 6) is -0.0915. The van der Waals surface area contributed by atoms with Crippen LogP contribution in [0.1, 0.15) is 12.3 Å². The first-order chi connectivity index (χ1) is 7.25. The van der Waals surface area contributed by atoms with Crippen LogP contribution in [0.3, 0.4) is 0 Å². The summed E-state index contributed by atoms with van der Waals surface area (Å²) >= 11 is 1.40. The number of carbonyl (C=O) groups is 1. The lowest BCUT2D eigenvalue weighted by atomic mass is 10.3. The van der Waals surface area contributed by atoms with Gasteiger partial charge in [-0.2, -0.15) is 4.98 Å². The normalized spacial score (nSPS) is 10.4. The SMILES string of the molecule is O=C(O)CCc1nc(-c2cncs2)no1. The molecule has 0 radical (unpaired) electrons. The van der Waals surface area contributed by atoms with Crippen molar-refractivity contribution in [1.82, 2.24) is 15.1 Å². The summed E-state index contributed by atoms with van der Waals surface area (Å²) in [6, 6.07) is 0. The van der Waals surface area contributed by atoms with Gasteiger partial charge in [-0.05, 0) is 0 Å². The molecular weight excluding hydrogens is 218 g/mol. The zero-order chi connectivity index (χ0) is 10.7. The third kappa shape index (κ3) is 2.38. The van der Waals surface area contributed by atoms with Crippen LogP contribution in [0.2, 0.25) is 0 Å². The molecule has 2 aromatic heterocycles. The van der Waals surface area contributed by atoms with Crippen molar-refractivity contribution in [2.75, 3.05) is 0 Å². The average molecular weight is 225 g/mol. The summed E-state index contributed by atoms with van der Waals surface area (Å²) in [5.41, 5.74) is 1.67. The van der Waals surface area contributed by atoms with Gasteiger partial charge in [-0.15, -0.1) is 11.3 Å². The van der Waals surface area contributed by atoms with Gasteiger partial charge in [0.1, 0.15) is 0 Å². The Hall–Kier alpha value is -1.76. The van der Waals surface area contributed by atoms with E-state index in [-0.39, 0.29) is 12.8 Å². The average Bonchev–Trinajstić information content (AvgIpc) is 2.85. The van der Waals surface area contributed by atoms with E-state index in [1.807, 2.05) is 0 Å². The van der Waals surface area contributed by atoms with Gasteiger partial charge in [0.25, 0.3) is 0 Å². The van der Waals surface area contributed by atoms with E-state index in [1.54, 1.807) is 11.7 Å². The highest BCUT2D eigenvalue weighted by Crippen LogP contribution is 2.19. The van der Waals surface area contributed by atoms with Gasteiger partial charge < -0.3 is 9.63 Å². The second kappa shape index (κ2) is 4.18. The summed E-state index contributed by atoms with van der Waals surface area (Å²) in [6.45, 7) is 0. The van der Waals surface area contributed by atoms with Crippen molar-refractivity contribution in [3.63, 3.8) is 0 Å². The molecule has 0 aliphatic heterocycles. The number of aryl methyl sites for hydroxylation is 1. The molecule has 15 heavy (non-hydrogen) atoms. The van der Waals surface area contributed by atoms with Gasteiger partial charge in [0, 0.05) is 12.6 Å². The van der Waals surface area contributed by atoms with Gasteiger partial charge in [0.2, 0.25) is 11.7 Å². The maximum absolute atomic E-state index is 10.3. The van der Waals surface area contributed by atoms with Crippen LogP contribution in [0, 0.1) is 0 Å². The second-order valence-electron chi connectivity index (χ2n) is 2.77. The molecule has 2 aromatic rings. The maximum Gasteiger partial charge on any atom is 0.303 e. The first kappa shape index (κ1) is 9.78. The number of nitrogens with zero attached hydrogens (tertiary/aromatic N) is 3. The van der Waals surface area contributed by atoms with Crippen molar-refractivity contribution in [1.29, 1.82) is 0 Å². The van der Waals surface area contributed by atoms with Gasteiger partial charge in [-0.1, -0.05) is 5.16 Å². The van der Waals surface area contributed by atoms with E-state index < -0.39 is 5.97 Å². The Kier molecular flexibility index (Phi) is 2.72. The molecule has 6 nitrogen and oxygen atoms in total. The third-order valence-corrected chi connectivity index (χ3v) is 2.44. The minimum absolute atomic E-state index is 0.00960. The van der Waals surface area contributed by atoms with Gasteiger partial charge in [-0.3, -0.25) is 9.78 Å². The van der Waals surface area contributed by atoms with E-state index in [2.05, 4.69) is 15.1 Å². The molecule has 2 heterocycles. The first-order valence-corrected chi connectivity index (χ1v) is 5.07. The van der Waals surface area contributed by atoms with Crippen molar-refractivity contribution in [2.45, 2.75) is 12.8 Å². The van der Waals surface area contributed by atoms with Crippen LogP contribution in [0.25, 0.3) is 10.7 Å². The van der Waals surface area contributed by atoms with Crippen molar-refractivity contribution in [3.05, 3.63) is 17.6 Å². The molecule has 0 aromatic carbocycles. The molecule has 0 saturated heterocycles. The Morgan fingerprint density at radius 3 is 3.13 bits per heavy atom. The molecule has 2 rings (SSSR count). The Morgan fingerprint density at radius 1 is 1.60 bits per heavy atom. The lowest BCUT2D eigenvalue weighted by molar-refractivity contribution is -0.137. The molecule has 0 unspecified atom stereocenters. The van der Waals surface area contributed by atoms with Crippen LogP contribution in [-0.4, -0.2) is 26.2 Å². The zero-order valence-corrected chi connectivity index (χ0v) is 8.40.